The molecular weight excluding hydrogens is 468 g/mol. The van der Waals surface area contributed by atoms with E-state index in [2.05, 4.69) is 30.7 Å². The average Bonchev–Trinajstić information content (AvgIpc) is 3.68. The van der Waals surface area contributed by atoms with Crippen molar-refractivity contribution in [3.8, 4) is 11.1 Å². The summed E-state index contributed by atoms with van der Waals surface area (Å²) in [4.78, 5) is 31.5. The molecule has 3 heterocycles. The molecule has 0 radical (unpaired) electrons. The summed E-state index contributed by atoms with van der Waals surface area (Å²) in [6.45, 7) is 5.85. The first-order valence-electron chi connectivity index (χ1n) is 12.8. The summed E-state index contributed by atoms with van der Waals surface area (Å²) in [5.74, 6) is 1.01. The number of hydrogen-bond donors (Lipinski definition) is 3. The van der Waals surface area contributed by atoms with Crippen molar-refractivity contribution in [3.63, 3.8) is 0 Å². The van der Waals surface area contributed by atoms with Gasteiger partial charge in [-0.3, -0.25) is 19.6 Å². The minimum Gasteiger partial charge on any atom is -0.379 e. The van der Waals surface area contributed by atoms with E-state index >= 15 is 0 Å². The second kappa shape index (κ2) is 11.5. The highest BCUT2D eigenvalue weighted by atomic mass is 16.5. The second-order valence-corrected chi connectivity index (χ2v) is 9.55. The van der Waals surface area contributed by atoms with E-state index in [1.54, 1.807) is 18.3 Å². The lowest BCUT2D eigenvalue weighted by Crippen LogP contribution is -2.36. The summed E-state index contributed by atoms with van der Waals surface area (Å²) in [7, 11) is 0. The van der Waals surface area contributed by atoms with Gasteiger partial charge in [-0.15, -0.1) is 0 Å². The number of aromatic nitrogens is 3. The Hall–Kier alpha value is -3.82. The van der Waals surface area contributed by atoms with Crippen molar-refractivity contribution in [2.75, 3.05) is 43.5 Å². The van der Waals surface area contributed by atoms with Crippen molar-refractivity contribution in [3.05, 3.63) is 72.1 Å². The smallest absolute Gasteiger partial charge is 0.249 e. The number of H-pyrrole nitrogens is 1. The highest BCUT2D eigenvalue weighted by Gasteiger charge is 2.26. The number of carbonyl (C=O) groups excluding carboxylic acids is 2. The molecule has 37 heavy (non-hydrogen) atoms. The van der Waals surface area contributed by atoms with Gasteiger partial charge in [-0.25, -0.2) is 4.98 Å². The Morgan fingerprint density at radius 2 is 1.84 bits per heavy atom. The van der Waals surface area contributed by atoms with Crippen LogP contribution in [0.25, 0.3) is 11.1 Å². The van der Waals surface area contributed by atoms with Gasteiger partial charge >= 0.3 is 0 Å². The zero-order chi connectivity index (χ0) is 25.6. The van der Waals surface area contributed by atoms with Gasteiger partial charge in [0.05, 0.1) is 19.1 Å². The molecule has 3 N–H and O–H groups in total. The lowest BCUT2D eigenvalue weighted by Gasteiger charge is -2.24. The highest BCUT2D eigenvalue weighted by Crippen LogP contribution is 2.39. The summed E-state index contributed by atoms with van der Waals surface area (Å²) < 4.78 is 5.33. The van der Waals surface area contributed by atoms with Crippen molar-refractivity contribution in [2.45, 2.75) is 31.6 Å². The van der Waals surface area contributed by atoms with Gasteiger partial charge in [0, 0.05) is 55.1 Å². The minimum atomic E-state index is -0.317. The molecule has 0 bridgehead atoms. The molecule has 9 heteroatoms. The number of carbonyl (C=O) groups is 2. The number of aromatic amines is 1. The van der Waals surface area contributed by atoms with Gasteiger partial charge in [-0.2, -0.15) is 5.10 Å². The topological polar surface area (TPSA) is 112 Å². The molecule has 1 saturated heterocycles. The third-order valence-corrected chi connectivity index (χ3v) is 6.75. The van der Waals surface area contributed by atoms with Crippen LogP contribution >= 0.6 is 0 Å². The van der Waals surface area contributed by atoms with Gasteiger partial charge in [0.2, 0.25) is 11.8 Å². The predicted octanol–water partition coefficient (Wildman–Crippen LogP) is 3.92. The van der Waals surface area contributed by atoms with E-state index in [0.717, 1.165) is 55.2 Å². The summed E-state index contributed by atoms with van der Waals surface area (Å²) in [5, 5.41) is 12.9. The molecule has 1 aromatic carbocycles. The fourth-order valence-electron chi connectivity index (χ4n) is 4.25. The second-order valence-electron chi connectivity index (χ2n) is 9.55. The normalized spacial score (nSPS) is 17.0. The maximum Gasteiger partial charge on any atom is 0.249 e. The number of rotatable bonds is 9. The first-order valence-corrected chi connectivity index (χ1v) is 12.8. The van der Waals surface area contributed by atoms with E-state index in [4.69, 9.17) is 4.74 Å². The zero-order valence-electron chi connectivity index (χ0n) is 20.9. The molecule has 1 atom stereocenters. The number of nitrogens with zero attached hydrogens (tertiary/aromatic N) is 3. The molecule has 0 unspecified atom stereocenters. The van der Waals surface area contributed by atoms with Gasteiger partial charge in [-0.1, -0.05) is 30.3 Å². The fourth-order valence-corrected chi connectivity index (χ4v) is 4.25. The molecule has 2 amide bonds. The van der Waals surface area contributed by atoms with Crippen molar-refractivity contribution in [2.24, 2.45) is 0 Å². The van der Waals surface area contributed by atoms with Crippen LogP contribution < -0.4 is 10.6 Å². The molecule has 0 spiro atoms. The fraction of sp³-hybridized carbons (Fsp3) is 0.357. The maximum absolute atomic E-state index is 12.7. The molecule has 2 fully saturated rings. The number of hydrogen-bond acceptors (Lipinski definition) is 6. The first-order chi connectivity index (χ1) is 18.0. The van der Waals surface area contributed by atoms with Crippen LogP contribution in [0.2, 0.25) is 0 Å². The van der Waals surface area contributed by atoms with E-state index in [0.29, 0.717) is 17.6 Å². The highest BCUT2D eigenvalue weighted by molar-refractivity contribution is 5.98. The number of anilines is 2. The maximum atomic E-state index is 12.7. The lowest BCUT2D eigenvalue weighted by molar-refractivity contribution is -0.117. The molecule has 9 nitrogen and oxygen atoms in total. The molecule has 2 aliphatic rings. The third-order valence-electron chi connectivity index (χ3n) is 6.75. The lowest BCUT2D eigenvalue weighted by atomic mass is 9.97. The Kier molecular flexibility index (Phi) is 7.72. The monoisotopic (exact) mass is 500 g/mol. The SMILES string of the molecule is C[C@H](C(=O)Nc1cc(C2CC2)[nH]n1)c1ccc(-c2ccc(NC(=O)/C=C/CN3CCOCC3)nc2)cc1. The molecule has 192 valence electrons. The Morgan fingerprint density at radius 3 is 2.54 bits per heavy atom. The number of ether oxygens (including phenoxy) is 1. The van der Waals surface area contributed by atoms with Crippen LogP contribution in [0.15, 0.2) is 60.8 Å². The van der Waals surface area contributed by atoms with Gasteiger partial charge < -0.3 is 15.4 Å². The Morgan fingerprint density at radius 1 is 1.08 bits per heavy atom. The van der Waals surface area contributed by atoms with Crippen molar-refractivity contribution >= 4 is 23.5 Å². The van der Waals surface area contributed by atoms with Crippen molar-refractivity contribution in [1.82, 2.24) is 20.1 Å². The molecular formula is C28H32N6O3. The van der Waals surface area contributed by atoms with Crippen LogP contribution in [0, 0.1) is 0 Å². The summed E-state index contributed by atoms with van der Waals surface area (Å²) in [6, 6.07) is 13.5. The molecule has 1 aliphatic carbocycles. The number of amides is 2. The Balaban J connectivity index is 1.12. The van der Waals surface area contributed by atoms with Gasteiger partial charge in [0.15, 0.2) is 5.82 Å². The van der Waals surface area contributed by atoms with Crippen LogP contribution in [0.5, 0.6) is 0 Å². The summed E-state index contributed by atoms with van der Waals surface area (Å²) >= 11 is 0. The summed E-state index contributed by atoms with van der Waals surface area (Å²) in [6.07, 6.45) is 7.49. The average molecular weight is 501 g/mol. The largest absolute Gasteiger partial charge is 0.379 e. The predicted molar refractivity (Wildman–Crippen MR) is 142 cm³/mol. The number of benzene rings is 1. The molecule has 1 aliphatic heterocycles. The number of pyridine rings is 1. The Bertz CT molecular complexity index is 1240. The van der Waals surface area contributed by atoms with Crippen LogP contribution in [0.4, 0.5) is 11.6 Å². The van der Waals surface area contributed by atoms with E-state index in [1.165, 1.54) is 12.8 Å². The standard InChI is InChI=1S/C28H32N6O3/c1-19(28(36)31-26-17-24(32-33-26)22-8-9-22)20-4-6-21(7-5-20)23-10-11-25(29-18-23)30-27(35)3-2-12-34-13-15-37-16-14-34/h2-7,10-11,17-19,22H,8-9,12-16H2,1H3,(H,29,30,35)(H2,31,32,33,36)/b3-2+/t19-/m0/s1. The minimum absolute atomic E-state index is 0.0950. The van der Waals surface area contributed by atoms with Crippen LogP contribution in [0.1, 0.15) is 42.9 Å². The van der Waals surface area contributed by atoms with Crippen molar-refractivity contribution < 1.29 is 14.3 Å². The van der Waals surface area contributed by atoms with E-state index in [1.807, 2.05) is 49.4 Å². The molecule has 1 saturated carbocycles. The van der Waals surface area contributed by atoms with Gasteiger partial charge in [0.25, 0.3) is 0 Å². The van der Waals surface area contributed by atoms with E-state index in [9.17, 15) is 9.59 Å². The summed E-state index contributed by atoms with van der Waals surface area (Å²) in [5.41, 5.74) is 3.91. The molecule has 2 aromatic heterocycles. The van der Waals surface area contributed by atoms with E-state index in [-0.39, 0.29) is 17.7 Å². The van der Waals surface area contributed by atoms with Crippen LogP contribution in [0.3, 0.4) is 0 Å². The number of morpholine rings is 1. The molecule has 3 aromatic rings. The zero-order valence-corrected chi connectivity index (χ0v) is 20.9. The number of nitrogens with one attached hydrogen (secondary N) is 3. The van der Waals surface area contributed by atoms with Crippen LogP contribution in [-0.2, 0) is 14.3 Å². The quantitative estimate of drug-likeness (QED) is 0.384. The Labute approximate surface area is 216 Å². The first kappa shape index (κ1) is 24.9. The van der Waals surface area contributed by atoms with Gasteiger partial charge in [0.1, 0.15) is 5.82 Å². The van der Waals surface area contributed by atoms with Gasteiger partial charge in [-0.05, 0) is 43.0 Å². The third kappa shape index (κ3) is 6.69. The molecule has 5 rings (SSSR count). The van der Waals surface area contributed by atoms with Crippen LogP contribution in [-0.4, -0.2) is 64.7 Å². The van der Waals surface area contributed by atoms with E-state index < -0.39 is 0 Å². The van der Waals surface area contributed by atoms with Crippen molar-refractivity contribution in [1.29, 1.82) is 0 Å².